The van der Waals surface area contributed by atoms with Crippen LogP contribution in [0, 0.1) is 15.9 Å². The Bertz CT molecular complexity index is 528. The Morgan fingerprint density at radius 1 is 1.47 bits per heavy atom. The highest BCUT2D eigenvalue weighted by Gasteiger charge is 2.11. The summed E-state index contributed by atoms with van der Waals surface area (Å²) < 4.78 is 39.0. The highest BCUT2D eigenvalue weighted by atomic mass is 32.2. The molecule has 0 amide bonds. The second-order valence-electron chi connectivity index (χ2n) is 3.31. The van der Waals surface area contributed by atoms with Gasteiger partial charge < -0.3 is 0 Å². The van der Waals surface area contributed by atoms with Gasteiger partial charge in [0.25, 0.3) is 15.8 Å². The number of nitrogens with zero attached hydrogens (tertiary/aromatic N) is 1. The number of hydrogen-bond acceptors (Lipinski definition) is 5. The van der Waals surface area contributed by atoms with E-state index in [4.69, 9.17) is 0 Å². The van der Waals surface area contributed by atoms with Gasteiger partial charge in [-0.2, -0.15) is 8.42 Å². The minimum atomic E-state index is -3.56. The van der Waals surface area contributed by atoms with Gasteiger partial charge in [0.2, 0.25) is 0 Å². The van der Waals surface area contributed by atoms with E-state index in [0.29, 0.717) is 0 Å². The molecule has 0 fully saturated rings. The third-order valence-corrected chi connectivity index (χ3v) is 2.51. The Morgan fingerprint density at radius 2 is 2.12 bits per heavy atom. The third kappa shape index (κ3) is 4.45. The summed E-state index contributed by atoms with van der Waals surface area (Å²) in [5.74, 6) is -0.753. The van der Waals surface area contributed by atoms with Crippen molar-refractivity contribution in [2.45, 2.75) is 6.42 Å². The quantitative estimate of drug-likeness (QED) is 0.453. The average molecular weight is 263 g/mol. The first kappa shape index (κ1) is 13.5. The standard InChI is InChI=1S/C9H10FNO5S/c1-17(14,15)16-5-4-7-2-3-8(11(12)13)6-9(7)10/h2-3,6H,4-5H2,1H3. The minimum absolute atomic E-state index is 0.0247. The van der Waals surface area contributed by atoms with Crippen molar-refractivity contribution in [1.82, 2.24) is 0 Å². The van der Waals surface area contributed by atoms with E-state index in [2.05, 4.69) is 4.18 Å². The van der Waals surface area contributed by atoms with Crippen LogP contribution in [0.25, 0.3) is 0 Å². The van der Waals surface area contributed by atoms with Gasteiger partial charge in [0.15, 0.2) is 0 Å². The van der Waals surface area contributed by atoms with Crippen molar-refractivity contribution in [2.75, 3.05) is 12.9 Å². The maximum absolute atomic E-state index is 13.3. The molecule has 0 aliphatic heterocycles. The average Bonchev–Trinajstić information content (AvgIpc) is 2.18. The van der Waals surface area contributed by atoms with Crippen LogP contribution in [0.2, 0.25) is 0 Å². The van der Waals surface area contributed by atoms with E-state index in [1.165, 1.54) is 6.07 Å². The molecule has 0 saturated carbocycles. The van der Waals surface area contributed by atoms with Crippen molar-refractivity contribution in [3.63, 3.8) is 0 Å². The first-order valence-electron chi connectivity index (χ1n) is 4.57. The van der Waals surface area contributed by atoms with Crippen molar-refractivity contribution in [3.8, 4) is 0 Å². The van der Waals surface area contributed by atoms with E-state index >= 15 is 0 Å². The monoisotopic (exact) mass is 263 g/mol. The molecule has 94 valence electrons. The number of non-ortho nitro benzene ring substituents is 1. The highest BCUT2D eigenvalue weighted by Crippen LogP contribution is 2.17. The summed E-state index contributed by atoms with van der Waals surface area (Å²) in [6, 6.07) is 3.17. The fraction of sp³-hybridized carbons (Fsp3) is 0.333. The lowest BCUT2D eigenvalue weighted by Crippen LogP contribution is -2.07. The molecule has 1 rings (SSSR count). The molecule has 0 saturated heterocycles. The van der Waals surface area contributed by atoms with Crippen LogP contribution in [0.3, 0.4) is 0 Å². The normalized spacial score (nSPS) is 11.4. The fourth-order valence-electron chi connectivity index (χ4n) is 1.16. The first-order valence-corrected chi connectivity index (χ1v) is 6.38. The first-order chi connectivity index (χ1) is 7.79. The van der Waals surface area contributed by atoms with E-state index < -0.39 is 20.9 Å². The predicted octanol–water partition coefficient (Wildman–Crippen LogP) is 1.25. The molecule has 1 aromatic rings. The van der Waals surface area contributed by atoms with E-state index in [0.717, 1.165) is 18.4 Å². The van der Waals surface area contributed by atoms with Crippen LogP contribution in [-0.4, -0.2) is 26.2 Å². The third-order valence-electron chi connectivity index (χ3n) is 1.92. The Kier molecular flexibility index (Phi) is 4.13. The minimum Gasteiger partial charge on any atom is -0.270 e. The van der Waals surface area contributed by atoms with Gasteiger partial charge in [0.05, 0.1) is 23.9 Å². The van der Waals surface area contributed by atoms with Crippen molar-refractivity contribution in [1.29, 1.82) is 0 Å². The molecule has 17 heavy (non-hydrogen) atoms. The molecule has 0 aliphatic carbocycles. The van der Waals surface area contributed by atoms with Gasteiger partial charge in [0, 0.05) is 12.5 Å². The Balaban J connectivity index is 2.70. The molecule has 1 aromatic carbocycles. The summed E-state index contributed by atoms with van der Waals surface area (Å²) in [6.07, 6.45) is 0.913. The van der Waals surface area contributed by atoms with Gasteiger partial charge in [-0.3, -0.25) is 14.3 Å². The number of nitro groups is 1. The molecule has 0 aromatic heterocycles. The van der Waals surface area contributed by atoms with E-state index in [9.17, 15) is 22.9 Å². The number of nitro benzene ring substituents is 1. The Morgan fingerprint density at radius 3 is 2.59 bits per heavy atom. The topological polar surface area (TPSA) is 86.5 Å². The molecule has 0 N–H and O–H groups in total. The van der Waals surface area contributed by atoms with Gasteiger partial charge >= 0.3 is 0 Å². The summed E-state index contributed by atoms with van der Waals surface area (Å²) in [6.45, 7) is -0.201. The maximum atomic E-state index is 13.3. The molecule has 0 spiro atoms. The SMILES string of the molecule is CS(=O)(=O)OCCc1ccc([N+](=O)[O-])cc1F. The molecular formula is C9H10FNO5S. The number of halogens is 1. The van der Waals surface area contributed by atoms with Gasteiger partial charge in [-0.05, 0) is 11.6 Å². The zero-order valence-corrected chi connectivity index (χ0v) is 9.74. The fourth-order valence-corrected chi connectivity index (χ4v) is 1.54. The summed E-state index contributed by atoms with van der Waals surface area (Å²) in [5.41, 5.74) is -0.186. The van der Waals surface area contributed by atoms with Crippen molar-refractivity contribution >= 4 is 15.8 Å². The van der Waals surface area contributed by atoms with E-state index in [-0.39, 0.29) is 24.3 Å². The number of hydrogen-bond donors (Lipinski definition) is 0. The highest BCUT2D eigenvalue weighted by molar-refractivity contribution is 7.85. The van der Waals surface area contributed by atoms with Gasteiger partial charge in [-0.25, -0.2) is 4.39 Å². The maximum Gasteiger partial charge on any atom is 0.272 e. The summed E-state index contributed by atoms with van der Waals surface area (Å²) in [7, 11) is -3.56. The Hall–Kier alpha value is -1.54. The summed E-state index contributed by atoms with van der Waals surface area (Å²) in [5, 5.41) is 10.3. The largest absolute Gasteiger partial charge is 0.272 e. The van der Waals surface area contributed by atoms with E-state index in [1.54, 1.807) is 0 Å². The molecule has 0 radical (unpaired) electrons. The summed E-state index contributed by atoms with van der Waals surface area (Å²) in [4.78, 5) is 9.64. The lowest BCUT2D eigenvalue weighted by atomic mass is 10.1. The van der Waals surface area contributed by atoms with Crippen LogP contribution >= 0.6 is 0 Å². The summed E-state index contributed by atoms with van der Waals surface area (Å²) >= 11 is 0. The molecule has 0 bridgehead atoms. The van der Waals surface area contributed by atoms with Crippen LogP contribution in [0.15, 0.2) is 18.2 Å². The second kappa shape index (κ2) is 5.19. The molecule has 8 heteroatoms. The van der Waals surface area contributed by atoms with Crippen LogP contribution in [-0.2, 0) is 20.7 Å². The zero-order chi connectivity index (χ0) is 13.1. The van der Waals surface area contributed by atoms with Crippen molar-refractivity contribution in [2.24, 2.45) is 0 Å². The molecule has 0 heterocycles. The molecular weight excluding hydrogens is 253 g/mol. The van der Waals surface area contributed by atoms with Crippen LogP contribution in [0.1, 0.15) is 5.56 Å². The van der Waals surface area contributed by atoms with Crippen LogP contribution < -0.4 is 0 Å². The van der Waals surface area contributed by atoms with E-state index in [1.807, 2.05) is 0 Å². The van der Waals surface area contributed by atoms with Crippen LogP contribution in [0.4, 0.5) is 10.1 Å². The number of rotatable bonds is 5. The van der Waals surface area contributed by atoms with Gasteiger partial charge in [-0.1, -0.05) is 0 Å². The Labute approximate surface area is 97.3 Å². The zero-order valence-electron chi connectivity index (χ0n) is 8.92. The predicted molar refractivity (Wildman–Crippen MR) is 57.6 cm³/mol. The lowest BCUT2D eigenvalue weighted by molar-refractivity contribution is -0.385. The van der Waals surface area contributed by atoms with Crippen molar-refractivity contribution < 1.29 is 21.9 Å². The van der Waals surface area contributed by atoms with Crippen LogP contribution in [0.5, 0.6) is 0 Å². The molecule has 6 nitrogen and oxygen atoms in total. The molecule has 0 atom stereocenters. The smallest absolute Gasteiger partial charge is 0.270 e. The van der Waals surface area contributed by atoms with Gasteiger partial charge in [0.1, 0.15) is 5.82 Å². The van der Waals surface area contributed by atoms with Crippen molar-refractivity contribution in [3.05, 3.63) is 39.7 Å². The van der Waals surface area contributed by atoms with Gasteiger partial charge in [-0.15, -0.1) is 0 Å². The molecule has 0 aliphatic rings. The number of benzene rings is 1. The lowest BCUT2D eigenvalue weighted by Gasteiger charge is -2.03. The second-order valence-corrected chi connectivity index (χ2v) is 4.95. The molecule has 0 unspecified atom stereocenters.